The van der Waals surface area contributed by atoms with E-state index in [0.29, 0.717) is 12.6 Å². The van der Waals surface area contributed by atoms with E-state index in [2.05, 4.69) is 10.2 Å². The molecular weight excluding hydrogens is 246 g/mol. The smallest absolute Gasteiger partial charge is 0.317 e. The van der Waals surface area contributed by atoms with Crippen LogP contribution in [0.4, 0.5) is 4.79 Å². The van der Waals surface area contributed by atoms with Gasteiger partial charge in [0.15, 0.2) is 0 Å². The number of hydrogen-bond donors (Lipinski definition) is 2. The Bertz CT molecular complexity index is 342. The van der Waals surface area contributed by atoms with Gasteiger partial charge in [0, 0.05) is 24.7 Å². The Morgan fingerprint density at radius 3 is 2.58 bits per heavy atom. The number of amides is 2. The number of carbonyl (C=O) groups excluding carboxylic acids is 1. The van der Waals surface area contributed by atoms with Crippen molar-refractivity contribution in [1.82, 2.24) is 15.1 Å². The molecule has 1 fully saturated rings. The Kier molecular flexibility index (Phi) is 5.17. The van der Waals surface area contributed by atoms with Crippen LogP contribution >= 0.6 is 0 Å². The van der Waals surface area contributed by atoms with Crippen molar-refractivity contribution in [2.75, 3.05) is 27.2 Å². The van der Waals surface area contributed by atoms with E-state index in [1.807, 2.05) is 14.1 Å². The topological polar surface area (TPSA) is 72.9 Å². The Balaban J connectivity index is 2.55. The van der Waals surface area contributed by atoms with Crippen LogP contribution in [0.25, 0.3) is 0 Å². The van der Waals surface area contributed by atoms with Crippen LogP contribution in [0.5, 0.6) is 0 Å². The number of nitrogens with zero attached hydrogens (tertiary/aromatic N) is 2. The van der Waals surface area contributed by atoms with Gasteiger partial charge in [0.05, 0.1) is 6.42 Å². The average Bonchev–Trinajstić information content (AvgIpc) is 2.26. The van der Waals surface area contributed by atoms with Gasteiger partial charge in [-0.05, 0) is 40.8 Å². The van der Waals surface area contributed by atoms with Gasteiger partial charge in [-0.1, -0.05) is 0 Å². The fourth-order valence-corrected chi connectivity index (χ4v) is 2.35. The van der Waals surface area contributed by atoms with Gasteiger partial charge in [-0.25, -0.2) is 4.79 Å². The van der Waals surface area contributed by atoms with Gasteiger partial charge in [0.1, 0.15) is 0 Å². The molecule has 2 amide bonds. The zero-order chi connectivity index (χ0) is 14.6. The number of piperidine rings is 1. The maximum atomic E-state index is 12.2. The van der Waals surface area contributed by atoms with Crippen molar-refractivity contribution in [3.8, 4) is 0 Å². The number of urea groups is 1. The lowest BCUT2D eigenvalue weighted by Crippen LogP contribution is -2.55. The summed E-state index contributed by atoms with van der Waals surface area (Å²) >= 11 is 0. The number of hydrogen-bond acceptors (Lipinski definition) is 3. The molecule has 0 aromatic heterocycles. The Morgan fingerprint density at radius 1 is 1.42 bits per heavy atom. The number of likely N-dealkylation sites (tertiary alicyclic amines) is 1. The minimum absolute atomic E-state index is 0.0797. The Labute approximate surface area is 114 Å². The quantitative estimate of drug-likeness (QED) is 0.799. The first-order valence-corrected chi connectivity index (χ1v) is 6.66. The van der Waals surface area contributed by atoms with Crippen molar-refractivity contribution in [3.05, 3.63) is 0 Å². The first kappa shape index (κ1) is 15.8. The van der Waals surface area contributed by atoms with Gasteiger partial charge < -0.3 is 20.2 Å². The van der Waals surface area contributed by atoms with Crippen LogP contribution in [0.3, 0.4) is 0 Å². The van der Waals surface area contributed by atoms with Crippen molar-refractivity contribution in [2.24, 2.45) is 0 Å². The molecule has 6 nitrogen and oxygen atoms in total. The molecule has 0 aliphatic carbocycles. The summed E-state index contributed by atoms with van der Waals surface area (Å²) in [6.45, 7) is 4.89. The lowest BCUT2D eigenvalue weighted by atomic mass is 10.0. The van der Waals surface area contributed by atoms with E-state index < -0.39 is 11.5 Å². The summed E-state index contributed by atoms with van der Waals surface area (Å²) < 4.78 is 0. The molecule has 19 heavy (non-hydrogen) atoms. The van der Waals surface area contributed by atoms with Crippen LogP contribution < -0.4 is 5.32 Å². The number of carboxylic acids is 1. The van der Waals surface area contributed by atoms with Gasteiger partial charge in [-0.15, -0.1) is 0 Å². The van der Waals surface area contributed by atoms with E-state index in [4.69, 9.17) is 5.11 Å². The number of aliphatic carboxylic acids is 1. The third-order valence-electron chi connectivity index (χ3n) is 3.45. The highest BCUT2D eigenvalue weighted by Crippen LogP contribution is 2.15. The highest BCUT2D eigenvalue weighted by Gasteiger charge is 2.29. The van der Waals surface area contributed by atoms with Crippen molar-refractivity contribution >= 4 is 12.0 Å². The normalized spacial score (nSPS) is 20.5. The zero-order valence-corrected chi connectivity index (χ0v) is 12.3. The fourth-order valence-electron chi connectivity index (χ4n) is 2.35. The van der Waals surface area contributed by atoms with E-state index in [9.17, 15) is 9.59 Å². The summed E-state index contributed by atoms with van der Waals surface area (Å²) in [5, 5.41) is 11.6. The zero-order valence-electron chi connectivity index (χ0n) is 12.3. The van der Waals surface area contributed by atoms with Crippen LogP contribution in [0.2, 0.25) is 0 Å². The third kappa shape index (κ3) is 5.06. The Morgan fingerprint density at radius 2 is 2.05 bits per heavy atom. The second-order valence-electron chi connectivity index (χ2n) is 6.09. The van der Waals surface area contributed by atoms with Crippen molar-refractivity contribution in [1.29, 1.82) is 0 Å². The molecule has 0 spiro atoms. The molecule has 0 bridgehead atoms. The molecule has 0 aromatic rings. The van der Waals surface area contributed by atoms with Gasteiger partial charge in [-0.2, -0.15) is 0 Å². The highest BCUT2D eigenvalue weighted by atomic mass is 16.4. The third-order valence-corrected chi connectivity index (χ3v) is 3.45. The van der Waals surface area contributed by atoms with Crippen LogP contribution in [0.1, 0.15) is 33.1 Å². The highest BCUT2D eigenvalue weighted by molar-refractivity contribution is 5.76. The SMILES string of the molecule is CN(C)C1CCCN(C(=O)NC(C)(C)CC(=O)O)C1. The van der Waals surface area contributed by atoms with Crippen molar-refractivity contribution in [2.45, 2.75) is 44.7 Å². The number of likely N-dealkylation sites (N-methyl/N-ethyl adjacent to an activating group) is 1. The second-order valence-corrected chi connectivity index (χ2v) is 6.09. The molecule has 0 aromatic carbocycles. The molecule has 1 aliphatic heterocycles. The predicted octanol–water partition coefficient (Wildman–Crippen LogP) is 0.975. The molecule has 1 unspecified atom stereocenters. The average molecular weight is 271 g/mol. The molecule has 6 heteroatoms. The summed E-state index contributed by atoms with van der Waals surface area (Å²) in [5.41, 5.74) is -0.728. The number of nitrogens with one attached hydrogen (secondary N) is 1. The molecule has 1 heterocycles. The molecule has 0 radical (unpaired) electrons. The van der Waals surface area contributed by atoms with Gasteiger partial charge in [-0.3, -0.25) is 4.79 Å². The molecule has 2 N–H and O–H groups in total. The van der Waals surface area contributed by atoms with Gasteiger partial charge >= 0.3 is 12.0 Å². The molecular formula is C13H25N3O3. The lowest BCUT2D eigenvalue weighted by molar-refractivity contribution is -0.138. The number of carbonyl (C=O) groups is 2. The Hall–Kier alpha value is -1.30. The molecule has 0 saturated carbocycles. The summed E-state index contributed by atoms with van der Waals surface area (Å²) in [4.78, 5) is 26.8. The molecule has 1 rings (SSSR count). The molecule has 1 aliphatic rings. The standard InChI is InChI=1S/C13H25N3O3/c1-13(2,8-11(17)18)14-12(19)16-7-5-6-10(9-16)15(3)4/h10H,5-9H2,1-4H3,(H,14,19)(H,17,18). The van der Waals surface area contributed by atoms with E-state index in [-0.39, 0.29) is 12.5 Å². The minimum Gasteiger partial charge on any atom is -0.481 e. The van der Waals surface area contributed by atoms with Crippen LogP contribution in [0, 0.1) is 0 Å². The summed E-state index contributed by atoms with van der Waals surface area (Å²) in [6.07, 6.45) is 1.99. The summed E-state index contributed by atoms with van der Waals surface area (Å²) in [7, 11) is 4.03. The minimum atomic E-state index is -0.907. The van der Waals surface area contributed by atoms with E-state index >= 15 is 0 Å². The fraction of sp³-hybridized carbons (Fsp3) is 0.846. The first-order chi connectivity index (χ1) is 8.71. The van der Waals surface area contributed by atoms with Crippen LogP contribution in [0.15, 0.2) is 0 Å². The number of carboxylic acid groups (broad SMARTS) is 1. The predicted molar refractivity (Wildman–Crippen MR) is 73.1 cm³/mol. The summed E-state index contributed by atoms with van der Waals surface area (Å²) in [6, 6.07) is 0.208. The second kappa shape index (κ2) is 6.23. The number of rotatable bonds is 4. The molecule has 1 atom stereocenters. The summed E-state index contributed by atoms with van der Waals surface area (Å²) in [5.74, 6) is -0.907. The van der Waals surface area contributed by atoms with Crippen molar-refractivity contribution in [3.63, 3.8) is 0 Å². The van der Waals surface area contributed by atoms with Crippen LogP contribution in [-0.2, 0) is 4.79 Å². The van der Waals surface area contributed by atoms with Crippen molar-refractivity contribution < 1.29 is 14.7 Å². The van der Waals surface area contributed by atoms with E-state index in [1.165, 1.54) is 0 Å². The largest absolute Gasteiger partial charge is 0.481 e. The maximum absolute atomic E-state index is 12.2. The van der Waals surface area contributed by atoms with Crippen LogP contribution in [-0.4, -0.2) is 65.7 Å². The first-order valence-electron chi connectivity index (χ1n) is 6.66. The monoisotopic (exact) mass is 271 g/mol. The lowest BCUT2D eigenvalue weighted by Gasteiger charge is -2.37. The van der Waals surface area contributed by atoms with Gasteiger partial charge in [0.2, 0.25) is 0 Å². The van der Waals surface area contributed by atoms with E-state index in [0.717, 1.165) is 19.4 Å². The van der Waals surface area contributed by atoms with Gasteiger partial charge in [0.25, 0.3) is 0 Å². The molecule has 1 saturated heterocycles. The van der Waals surface area contributed by atoms with E-state index in [1.54, 1.807) is 18.7 Å². The molecule has 110 valence electrons. The maximum Gasteiger partial charge on any atom is 0.317 e.